The number of pyridine rings is 1. The Labute approximate surface area is 266 Å². The molecule has 2 heterocycles. The lowest BCUT2D eigenvalue weighted by molar-refractivity contribution is 0.0601. The molecule has 0 N–H and O–H groups in total. The van der Waals surface area contributed by atoms with Crippen molar-refractivity contribution in [2.75, 3.05) is 7.11 Å². The highest BCUT2D eigenvalue weighted by Gasteiger charge is 2.43. The second-order valence-electron chi connectivity index (χ2n) is 11.4. The molecule has 236 valence electrons. The van der Waals surface area contributed by atoms with Gasteiger partial charge in [0.1, 0.15) is 29.9 Å². The minimum absolute atomic E-state index is 0.00370. The molecule has 0 aliphatic heterocycles. The molecule has 2 aromatic heterocycles. The van der Waals surface area contributed by atoms with Crippen LogP contribution in [0.1, 0.15) is 52.1 Å². The zero-order valence-electron chi connectivity index (χ0n) is 25.0. The maximum atomic E-state index is 15.6. The van der Waals surface area contributed by atoms with Crippen molar-refractivity contribution in [3.05, 3.63) is 112 Å². The van der Waals surface area contributed by atoms with Crippen molar-refractivity contribution < 1.29 is 31.8 Å². The topological polar surface area (TPSA) is 114 Å². The summed E-state index contributed by atoms with van der Waals surface area (Å²) < 4.78 is 72.1. The molecule has 1 saturated carbocycles. The fraction of sp³-hybridized carbons (Fsp3) is 0.229. The molecule has 1 aliphatic rings. The number of hydrogen-bond acceptors (Lipinski definition) is 7. The van der Waals surface area contributed by atoms with Crippen LogP contribution in [0.25, 0.3) is 22.3 Å². The normalized spacial score (nSPS) is 13.2. The molecule has 3 aromatic carbocycles. The van der Waals surface area contributed by atoms with Gasteiger partial charge in [0.2, 0.25) is 0 Å². The van der Waals surface area contributed by atoms with Gasteiger partial charge in [0.15, 0.2) is 5.82 Å². The Balaban J connectivity index is 1.30. The van der Waals surface area contributed by atoms with Gasteiger partial charge in [0, 0.05) is 35.9 Å². The number of benzene rings is 3. The molecule has 12 heteroatoms. The van der Waals surface area contributed by atoms with Gasteiger partial charge < -0.3 is 14.0 Å². The molecule has 1 aliphatic carbocycles. The molecule has 0 unspecified atom stereocenters. The zero-order valence-corrected chi connectivity index (χ0v) is 25.0. The van der Waals surface area contributed by atoms with Crippen molar-refractivity contribution in [1.29, 1.82) is 10.5 Å². The molecule has 8 nitrogen and oxygen atoms in total. The van der Waals surface area contributed by atoms with Gasteiger partial charge >= 0.3 is 5.97 Å². The summed E-state index contributed by atoms with van der Waals surface area (Å²) in [5.74, 6) is -3.86. The second kappa shape index (κ2) is 12.6. The summed E-state index contributed by atoms with van der Waals surface area (Å²) >= 11 is 0. The number of esters is 1. The molecular weight excluding hydrogens is 614 g/mol. The standard InChI is InChI=1S/C35H25F4N5O3/c1-46-34(45)21-4-6-30-31(14-21)44(19-35(8-9-35)10-11-40)32(42-30)15-23-13-28(39)24(16-27(23)38)29-7-5-25(36)33(43-29)47-18-22-3-2-20(17-41)12-26(22)37/h2-7,12-14,16H,8-10,15,18-19H2,1H3. The van der Waals surface area contributed by atoms with E-state index in [1.807, 2.05) is 10.6 Å². The third-order valence-electron chi connectivity index (χ3n) is 8.27. The van der Waals surface area contributed by atoms with Crippen LogP contribution in [0.5, 0.6) is 5.88 Å². The largest absolute Gasteiger partial charge is 0.471 e. The summed E-state index contributed by atoms with van der Waals surface area (Å²) in [6.45, 7) is -0.00762. The highest BCUT2D eigenvalue weighted by molar-refractivity contribution is 5.93. The number of nitrogens with zero attached hydrogens (tertiary/aromatic N) is 5. The number of fused-ring (bicyclic) bond motifs is 1. The summed E-state index contributed by atoms with van der Waals surface area (Å²) in [6, 6.07) is 16.7. The van der Waals surface area contributed by atoms with E-state index in [9.17, 15) is 18.8 Å². The van der Waals surface area contributed by atoms with E-state index in [4.69, 9.17) is 14.7 Å². The number of rotatable bonds is 10. The van der Waals surface area contributed by atoms with E-state index < -0.39 is 41.7 Å². The summed E-state index contributed by atoms with van der Waals surface area (Å²) in [5.41, 5.74) is 0.968. The molecule has 0 atom stereocenters. The number of carbonyl (C=O) groups excluding carboxylic acids is 1. The van der Waals surface area contributed by atoms with Gasteiger partial charge in [-0.2, -0.15) is 10.5 Å². The number of aromatic nitrogens is 3. The van der Waals surface area contributed by atoms with E-state index in [1.54, 1.807) is 18.2 Å². The van der Waals surface area contributed by atoms with Crippen LogP contribution in [0.4, 0.5) is 17.6 Å². The van der Waals surface area contributed by atoms with E-state index >= 15 is 8.78 Å². The zero-order chi connectivity index (χ0) is 33.3. The Morgan fingerprint density at radius 2 is 1.70 bits per heavy atom. The van der Waals surface area contributed by atoms with Gasteiger partial charge in [0.25, 0.3) is 5.88 Å². The van der Waals surface area contributed by atoms with Crippen LogP contribution >= 0.6 is 0 Å². The first-order chi connectivity index (χ1) is 22.6. The van der Waals surface area contributed by atoms with Gasteiger partial charge in [-0.3, -0.25) is 0 Å². The van der Waals surface area contributed by atoms with Gasteiger partial charge in [-0.15, -0.1) is 0 Å². The summed E-state index contributed by atoms with van der Waals surface area (Å²) in [5, 5.41) is 18.3. The first kappa shape index (κ1) is 31.2. The first-order valence-corrected chi connectivity index (χ1v) is 14.5. The fourth-order valence-electron chi connectivity index (χ4n) is 5.44. The van der Waals surface area contributed by atoms with Crippen LogP contribution in [0.2, 0.25) is 0 Å². The molecule has 0 amide bonds. The van der Waals surface area contributed by atoms with Crippen molar-refractivity contribution in [2.45, 2.75) is 38.8 Å². The van der Waals surface area contributed by atoms with Crippen LogP contribution in [0, 0.1) is 51.3 Å². The van der Waals surface area contributed by atoms with Gasteiger partial charge in [-0.1, -0.05) is 6.07 Å². The molecule has 0 radical (unpaired) electrons. The highest BCUT2D eigenvalue weighted by Crippen LogP contribution is 2.50. The van der Waals surface area contributed by atoms with Crippen molar-refractivity contribution in [1.82, 2.24) is 14.5 Å². The molecule has 0 spiro atoms. The molecule has 0 saturated heterocycles. The van der Waals surface area contributed by atoms with E-state index in [2.05, 4.69) is 16.0 Å². The molecular formula is C35H25F4N5O3. The molecule has 1 fully saturated rings. The monoisotopic (exact) mass is 639 g/mol. The lowest BCUT2D eigenvalue weighted by atomic mass is 10.0. The Bertz CT molecular complexity index is 2130. The maximum absolute atomic E-state index is 15.6. The molecule has 5 aromatic rings. The first-order valence-electron chi connectivity index (χ1n) is 14.5. The smallest absolute Gasteiger partial charge is 0.337 e. The average Bonchev–Trinajstić information content (AvgIpc) is 3.75. The molecule has 6 rings (SSSR count). The van der Waals surface area contributed by atoms with Crippen LogP contribution in [0.3, 0.4) is 0 Å². The van der Waals surface area contributed by atoms with E-state index in [-0.39, 0.29) is 39.8 Å². The highest BCUT2D eigenvalue weighted by atomic mass is 19.1. The minimum atomic E-state index is -0.889. The number of imidazole rings is 1. The van der Waals surface area contributed by atoms with Crippen LogP contribution in [-0.4, -0.2) is 27.6 Å². The quantitative estimate of drug-likeness (QED) is 0.118. The van der Waals surface area contributed by atoms with Crippen LogP contribution < -0.4 is 4.74 Å². The number of halogens is 4. The summed E-state index contributed by atoms with van der Waals surface area (Å²) in [7, 11) is 1.27. The Kier molecular flexibility index (Phi) is 8.35. The third-order valence-corrected chi connectivity index (χ3v) is 8.27. The average molecular weight is 640 g/mol. The maximum Gasteiger partial charge on any atom is 0.337 e. The predicted molar refractivity (Wildman–Crippen MR) is 161 cm³/mol. The van der Waals surface area contributed by atoms with Gasteiger partial charge in [0.05, 0.1) is 47.1 Å². The molecule has 0 bridgehead atoms. The minimum Gasteiger partial charge on any atom is -0.471 e. The van der Waals surface area contributed by atoms with Gasteiger partial charge in [-0.25, -0.2) is 32.3 Å². The van der Waals surface area contributed by atoms with Crippen molar-refractivity contribution in [3.63, 3.8) is 0 Å². The lowest BCUT2D eigenvalue weighted by Crippen LogP contribution is -2.15. The summed E-state index contributed by atoms with van der Waals surface area (Å²) in [4.78, 5) is 20.9. The van der Waals surface area contributed by atoms with E-state index in [0.717, 1.165) is 37.1 Å². The number of carbonyl (C=O) groups is 1. The Morgan fingerprint density at radius 3 is 2.40 bits per heavy atom. The number of methoxy groups -OCH3 is 1. The SMILES string of the molecule is COC(=O)c1ccc2nc(Cc3cc(F)c(-c4ccc(F)c(OCc5ccc(C#N)cc5F)n4)cc3F)n(CC3(CC#N)CC3)c2c1. The van der Waals surface area contributed by atoms with Crippen molar-refractivity contribution in [3.8, 4) is 29.3 Å². The molecule has 47 heavy (non-hydrogen) atoms. The van der Waals surface area contributed by atoms with Crippen LogP contribution in [0.15, 0.2) is 60.7 Å². The number of hydrogen-bond donors (Lipinski definition) is 0. The summed E-state index contributed by atoms with van der Waals surface area (Å²) in [6.07, 6.45) is 1.87. The predicted octanol–water partition coefficient (Wildman–Crippen LogP) is 7.18. The Hall–Kier alpha value is -5.75. The number of nitriles is 2. The fourth-order valence-corrected chi connectivity index (χ4v) is 5.44. The van der Waals surface area contributed by atoms with E-state index in [0.29, 0.717) is 35.4 Å². The van der Waals surface area contributed by atoms with Crippen LogP contribution in [-0.2, 0) is 24.3 Å². The van der Waals surface area contributed by atoms with Crippen molar-refractivity contribution in [2.24, 2.45) is 5.41 Å². The lowest BCUT2D eigenvalue weighted by Gasteiger charge is -2.16. The third kappa shape index (κ3) is 6.36. The van der Waals surface area contributed by atoms with E-state index in [1.165, 1.54) is 25.3 Å². The second-order valence-corrected chi connectivity index (χ2v) is 11.4. The number of ether oxygens (including phenoxy) is 2. The Morgan fingerprint density at radius 1 is 0.915 bits per heavy atom. The van der Waals surface area contributed by atoms with Gasteiger partial charge in [-0.05, 0) is 73.0 Å². The van der Waals surface area contributed by atoms with Crippen molar-refractivity contribution >= 4 is 17.0 Å².